The molecule has 1 aliphatic rings. The van der Waals surface area contributed by atoms with Gasteiger partial charge in [0.25, 0.3) is 10.0 Å². The summed E-state index contributed by atoms with van der Waals surface area (Å²) in [6, 6.07) is 9.64. The van der Waals surface area contributed by atoms with E-state index in [9.17, 15) is 18.8 Å². The van der Waals surface area contributed by atoms with E-state index in [0.29, 0.717) is 16.3 Å². The molecule has 0 fully saturated rings. The van der Waals surface area contributed by atoms with Crippen molar-refractivity contribution in [1.82, 2.24) is 14.5 Å². The van der Waals surface area contributed by atoms with Gasteiger partial charge in [0.05, 0.1) is 17.1 Å². The lowest BCUT2D eigenvalue weighted by atomic mass is 9.96. The van der Waals surface area contributed by atoms with E-state index in [-0.39, 0.29) is 22.9 Å². The number of thiophene rings is 1. The van der Waals surface area contributed by atoms with Crippen molar-refractivity contribution >= 4 is 27.0 Å². The fraction of sp³-hybridized carbons (Fsp3) is 0.250. The Hall–Kier alpha value is -2.50. The second-order valence-electron chi connectivity index (χ2n) is 7.14. The molecule has 0 amide bonds. The number of sulfonamides is 1. The summed E-state index contributed by atoms with van der Waals surface area (Å²) in [5.41, 5.74) is 3.17. The number of allylic oxidation sites excluding steroid dienone is 1. The summed E-state index contributed by atoms with van der Waals surface area (Å²) < 4.78 is 29.7. The third-order valence-electron chi connectivity index (χ3n) is 5.18. The van der Waals surface area contributed by atoms with Crippen molar-refractivity contribution in [1.29, 1.82) is 0 Å². The maximum Gasteiger partial charge on any atom is 0.250 e. The van der Waals surface area contributed by atoms with E-state index in [1.54, 1.807) is 40.4 Å². The van der Waals surface area contributed by atoms with Gasteiger partial charge in [0, 0.05) is 23.2 Å². The van der Waals surface area contributed by atoms with Gasteiger partial charge in [0.2, 0.25) is 0 Å². The second kappa shape index (κ2) is 7.97. The van der Waals surface area contributed by atoms with Crippen LogP contribution < -0.4 is 9.95 Å². The number of para-hydroxylation sites is 2. The molecular weight excluding hydrogens is 424 g/mol. The fourth-order valence-corrected chi connectivity index (χ4v) is 6.12. The molecule has 158 valence electrons. The number of nitrogens with zero attached hydrogens (tertiary/aromatic N) is 3. The number of nitrogens with one attached hydrogen (secondary N) is 1. The van der Waals surface area contributed by atoms with Gasteiger partial charge in [-0.1, -0.05) is 30.4 Å². The van der Waals surface area contributed by atoms with Gasteiger partial charge in [-0.2, -0.15) is 5.10 Å². The molecule has 0 saturated heterocycles. The van der Waals surface area contributed by atoms with Crippen LogP contribution in [-0.4, -0.2) is 29.4 Å². The zero-order valence-electron chi connectivity index (χ0n) is 16.4. The maximum absolute atomic E-state index is 12.5. The van der Waals surface area contributed by atoms with Crippen LogP contribution in [0.1, 0.15) is 29.3 Å². The van der Waals surface area contributed by atoms with Gasteiger partial charge in [-0.25, -0.2) is 17.8 Å². The van der Waals surface area contributed by atoms with Crippen LogP contribution in [0.4, 0.5) is 5.69 Å². The lowest BCUT2D eigenvalue weighted by molar-refractivity contribution is 0.296. The van der Waals surface area contributed by atoms with E-state index in [2.05, 4.69) is 9.82 Å². The highest BCUT2D eigenvalue weighted by Crippen LogP contribution is 2.35. The first-order valence-electron chi connectivity index (χ1n) is 9.33. The Bertz CT molecular complexity index is 1180. The number of anilines is 1. The van der Waals surface area contributed by atoms with Crippen molar-refractivity contribution in [2.24, 2.45) is 0 Å². The molecule has 4 rings (SSSR count). The molecule has 2 N–H and O–H groups in total. The largest absolute Gasteiger partial charge is 0.733 e. The molecule has 0 bridgehead atoms. The molecule has 0 unspecified atom stereocenters. The molecule has 1 aliphatic carbocycles. The zero-order valence-corrected chi connectivity index (χ0v) is 18.0. The number of hydrogen-bond acceptors (Lipinski definition) is 7. The predicted molar refractivity (Wildman–Crippen MR) is 116 cm³/mol. The lowest BCUT2D eigenvalue weighted by Gasteiger charge is -2.24. The number of benzene rings is 1. The molecule has 10 heteroatoms. The summed E-state index contributed by atoms with van der Waals surface area (Å²) in [6.45, 7) is 3.78. The zero-order chi connectivity index (χ0) is 21.5. The molecule has 0 radical (unpaired) electrons. The van der Waals surface area contributed by atoms with E-state index in [1.165, 1.54) is 17.4 Å². The Balaban J connectivity index is 1.59. The number of aromatic nitrogens is 2. The highest BCUT2D eigenvalue weighted by molar-refractivity contribution is 7.91. The minimum Gasteiger partial charge on any atom is -0.733 e. The van der Waals surface area contributed by atoms with Crippen LogP contribution in [0.15, 0.2) is 58.1 Å². The summed E-state index contributed by atoms with van der Waals surface area (Å²) in [5, 5.41) is 27.1. The van der Waals surface area contributed by atoms with Gasteiger partial charge in [-0.15, -0.1) is 11.3 Å². The van der Waals surface area contributed by atoms with E-state index in [0.717, 1.165) is 17.0 Å². The van der Waals surface area contributed by atoms with Crippen LogP contribution in [-0.2, 0) is 10.0 Å². The first-order chi connectivity index (χ1) is 14.3. The topological polar surface area (TPSA) is 111 Å². The molecule has 2 atom stereocenters. The van der Waals surface area contributed by atoms with Gasteiger partial charge in [-0.3, -0.25) is 5.21 Å². The summed E-state index contributed by atoms with van der Waals surface area (Å²) >= 11 is 1.18. The molecule has 30 heavy (non-hydrogen) atoms. The number of aryl methyl sites for hydroxylation is 1. The Morgan fingerprint density at radius 3 is 2.70 bits per heavy atom. The van der Waals surface area contributed by atoms with Crippen molar-refractivity contribution in [2.45, 2.75) is 36.4 Å². The minimum absolute atomic E-state index is 0.0144. The highest BCUT2D eigenvalue weighted by Gasteiger charge is 2.29. The second-order valence-corrected chi connectivity index (χ2v) is 10.0. The first-order valence-corrected chi connectivity index (χ1v) is 11.7. The average molecular weight is 446 g/mol. The molecule has 0 aliphatic heterocycles. The number of rotatable bonds is 6. The van der Waals surface area contributed by atoms with Crippen molar-refractivity contribution in [3.05, 3.63) is 76.1 Å². The van der Waals surface area contributed by atoms with E-state index < -0.39 is 10.0 Å². The van der Waals surface area contributed by atoms with Crippen LogP contribution in [0.2, 0.25) is 0 Å². The van der Waals surface area contributed by atoms with Crippen LogP contribution >= 0.6 is 11.3 Å². The summed E-state index contributed by atoms with van der Waals surface area (Å²) in [4.78, 5) is 0. The quantitative estimate of drug-likeness (QED) is 0.443. The predicted octanol–water partition coefficient (Wildman–Crippen LogP) is 3.63. The van der Waals surface area contributed by atoms with E-state index in [4.69, 9.17) is 0 Å². The molecule has 0 saturated carbocycles. The van der Waals surface area contributed by atoms with Crippen molar-refractivity contribution in [2.75, 3.05) is 5.23 Å². The van der Waals surface area contributed by atoms with Gasteiger partial charge in [0.15, 0.2) is 0 Å². The normalized spacial score (nSPS) is 18.8. The number of hydrogen-bond donors (Lipinski definition) is 2. The molecule has 2 heterocycles. The Kier molecular flexibility index (Phi) is 5.51. The van der Waals surface area contributed by atoms with Crippen LogP contribution in [0.3, 0.4) is 0 Å². The Labute approximate surface area is 178 Å². The third-order valence-corrected chi connectivity index (χ3v) is 8.07. The minimum atomic E-state index is -3.55. The molecule has 2 aromatic heterocycles. The summed E-state index contributed by atoms with van der Waals surface area (Å²) in [7, 11) is -3.55. The first kappa shape index (κ1) is 20.8. The smallest absolute Gasteiger partial charge is 0.250 e. The molecule has 8 nitrogen and oxygen atoms in total. The fourth-order valence-electron chi connectivity index (χ4n) is 3.91. The molecule has 1 aromatic carbocycles. The molecule has 0 spiro atoms. The van der Waals surface area contributed by atoms with Gasteiger partial charge < -0.3 is 10.4 Å². The maximum atomic E-state index is 12.5. The van der Waals surface area contributed by atoms with Crippen molar-refractivity contribution < 1.29 is 13.6 Å². The van der Waals surface area contributed by atoms with Gasteiger partial charge in [-0.05, 0) is 43.8 Å². The Morgan fingerprint density at radius 2 is 2.00 bits per heavy atom. The SMILES string of the molecule is Cc1nn(-c2ccccc2N([O-])O)c(C)c1[C@H]1C=C[C@@H](NS(=O)(=O)c2cccs2)C1. The van der Waals surface area contributed by atoms with E-state index >= 15 is 0 Å². The van der Waals surface area contributed by atoms with Crippen molar-refractivity contribution in [3.63, 3.8) is 0 Å². The summed E-state index contributed by atoms with van der Waals surface area (Å²) in [5.74, 6) is -0.0144. The standard InChI is InChI=1S/C20H21N4O4S2/c1-13-20(14(2)23(21-13)17-6-3-4-7-18(17)24(25)26)15-9-10-16(12-15)22-30(27,28)19-8-5-11-29-19/h3-11,15-16,22,25H,12H2,1-2H3/q-1/t15-,16+/m0/s1. The summed E-state index contributed by atoms with van der Waals surface area (Å²) in [6.07, 6.45) is 4.43. The van der Waals surface area contributed by atoms with E-state index in [1.807, 2.05) is 26.0 Å². The third kappa shape index (κ3) is 3.80. The molecule has 3 aromatic rings. The van der Waals surface area contributed by atoms with Crippen molar-refractivity contribution in [3.8, 4) is 5.69 Å². The van der Waals surface area contributed by atoms with Gasteiger partial charge >= 0.3 is 0 Å². The molecular formula is C20H21N4O4S2-. The van der Waals surface area contributed by atoms with Crippen LogP contribution in [0.25, 0.3) is 5.69 Å². The van der Waals surface area contributed by atoms with Crippen LogP contribution in [0.5, 0.6) is 0 Å². The van der Waals surface area contributed by atoms with Crippen LogP contribution in [0, 0.1) is 19.1 Å². The lowest BCUT2D eigenvalue weighted by Crippen LogP contribution is -2.32. The average Bonchev–Trinajstić information content (AvgIpc) is 3.43. The Morgan fingerprint density at radius 1 is 1.23 bits per heavy atom. The monoisotopic (exact) mass is 445 g/mol. The van der Waals surface area contributed by atoms with Gasteiger partial charge in [0.1, 0.15) is 4.21 Å². The highest BCUT2D eigenvalue weighted by atomic mass is 32.2.